The zero-order valence-electron chi connectivity index (χ0n) is 19.0. The predicted octanol–water partition coefficient (Wildman–Crippen LogP) is 4.77. The Kier molecular flexibility index (Phi) is 8.26. The molecular formula is C25H23BrN2O6. The molecule has 3 aromatic rings. The number of nitrogens with zero attached hydrogens (tertiary/aromatic N) is 1. The van der Waals surface area contributed by atoms with Crippen LogP contribution in [0.1, 0.15) is 31.8 Å². The Morgan fingerprint density at radius 1 is 0.912 bits per heavy atom. The monoisotopic (exact) mass is 526 g/mol. The molecule has 3 aromatic carbocycles. The van der Waals surface area contributed by atoms with Crippen molar-refractivity contribution in [1.29, 1.82) is 0 Å². The molecule has 1 N–H and O–H groups in total. The number of halogens is 1. The first kappa shape index (κ1) is 24.8. The normalized spacial score (nSPS) is 10.6. The molecule has 1 amide bonds. The number of benzene rings is 3. The van der Waals surface area contributed by atoms with Gasteiger partial charge in [-0.25, -0.2) is 10.2 Å². The number of rotatable bonds is 8. The topological polar surface area (TPSA) is 95.5 Å². The molecule has 0 aliphatic heterocycles. The van der Waals surface area contributed by atoms with Gasteiger partial charge in [0.1, 0.15) is 5.75 Å². The van der Waals surface area contributed by atoms with Crippen LogP contribution in [0.5, 0.6) is 23.0 Å². The highest BCUT2D eigenvalue weighted by molar-refractivity contribution is 9.10. The van der Waals surface area contributed by atoms with Gasteiger partial charge in [0.05, 0.1) is 33.1 Å². The fourth-order valence-corrected chi connectivity index (χ4v) is 3.49. The number of nitrogens with one attached hydrogen (secondary N) is 1. The number of aryl methyl sites for hydroxylation is 1. The van der Waals surface area contributed by atoms with E-state index < -0.39 is 11.9 Å². The molecule has 0 saturated carbocycles. The van der Waals surface area contributed by atoms with Gasteiger partial charge in [-0.3, -0.25) is 4.79 Å². The molecule has 0 aromatic heterocycles. The van der Waals surface area contributed by atoms with Gasteiger partial charge in [-0.2, -0.15) is 5.10 Å². The highest BCUT2D eigenvalue weighted by Crippen LogP contribution is 2.38. The van der Waals surface area contributed by atoms with E-state index in [4.69, 9.17) is 18.9 Å². The first-order chi connectivity index (χ1) is 16.4. The lowest BCUT2D eigenvalue weighted by Gasteiger charge is -2.13. The van der Waals surface area contributed by atoms with Crippen LogP contribution in [-0.4, -0.2) is 39.4 Å². The Bertz CT molecular complexity index is 1220. The Hall–Kier alpha value is -3.85. The van der Waals surface area contributed by atoms with Gasteiger partial charge >= 0.3 is 5.97 Å². The first-order valence-corrected chi connectivity index (χ1v) is 10.9. The van der Waals surface area contributed by atoms with Gasteiger partial charge in [0.2, 0.25) is 5.75 Å². The molecule has 0 aliphatic rings. The summed E-state index contributed by atoms with van der Waals surface area (Å²) in [6.07, 6.45) is 1.39. The molecular weight excluding hydrogens is 504 g/mol. The van der Waals surface area contributed by atoms with Crippen LogP contribution in [0.15, 0.2) is 64.2 Å². The third kappa shape index (κ3) is 5.74. The number of hydrogen-bond donors (Lipinski definition) is 1. The number of esters is 1. The molecule has 0 fully saturated rings. The van der Waals surface area contributed by atoms with Crippen molar-refractivity contribution in [3.05, 3.63) is 81.3 Å². The summed E-state index contributed by atoms with van der Waals surface area (Å²) in [5.74, 6) is 0.365. The smallest absolute Gasteiger partial charge is 0.343 e. The van der Waals surface area contributed by atoms with Gasteiger partial charge < -0.3 is 18.9 Å². The van der Waals surface area contributed by atoms with E-state index in [9.17, 15) is 9.59 Å². The van der Waals surface area contributed by atoms with Crippen molar-refractivity contribution in [2.75, 3.05) is 21.3 Å². The van der Waals surface area contributed by atoms with Crippen molar-refractivity contribution in [3.8, 4) is 23.0 Å². The number of amides is 1. The molecule has 0 radical (unpaired) electrons. The molecule has 0 aliphatic carbocycles. The van der Waals surface area contributed by atoms with Crippen LogP contribution in [0.4, 0.5) is 0 Å². The lowest BCUT2D eigenvalue weighted by atomic mass is 10.1. The van der Waals surface area contributed by atoms with Gasteiger partial charge in [-0.05, 0) is 48.9 Å². The summed E-state index contributed by atoms with van der Waals surface area (Å²) in [5.41, 5.74) is 4.46. The summed E-state index contributed by atoms with van der Waals surface area (Å²) in [6.45, 7) is 1.83. The second-order valence-corrected chi connectivity index (χ2v) is 7.92. The van der Waals surface area contributed by atoms with Crippen LogP contribution in [0, 0.1) is 6.92 Å². The molecule has 8 nitrogen and oxygen atoms in total. The highest BCUT2D eigenvalue weighted by atomic mass is 79.9. The minimum atomic E-state index is -0.496. The van der Waals surface area contributed by atoms with Crippen LogP contribution in [0.25, 0.3) is 0 Å². The van der Waals surface area contributed by atoms with E-state index in [2.05, 4.69) is 26.5 Å². The molecule has 0 unspecified atom stereocenters. The van der Waals surface area contributed by atoms with Crippen LogP contribution >= 0.6 is 15.9 Å². The lowest BCUT2D eigenvalue weighted by Crippen LogP contribution is -2.18. The fourth-order valence-electron chi connectivity index (χ4n) is 3.11. The van der Waals surface area contributed by atoms with Crippen molar-refractivity contribution in [2.45, 2.75) is 6.92 Å². The van der Waals surface area contributed by atoms with E-state index in [1.54, 1.807) is 30.3 Å². The quantitative estimate of drug-likeness (QED) is 0.196. The van der Waals surface area contributed by atoms with Crippen molar-refractivity contribution in [3.63, 3.8) is 0 Å². The Balaban J connectivity index is 1.80. The predicted molar refractivity (Wildman–Crippen MR) is 131 cm³/mol. The largest absolute Gasteiger partial charge is 0.493 e. The third-order valence-corrected chi connectivity index (χ3v) is 5.33. The summed E-state index contributed by atoms with van der Waals surface area (Å²) in [4.78, 5) is 25.3. The first-order valence-electron chi connectivity index (χ1n) is 10.1. The van der Waals surface area contributed by atoms with Crippen molar-refractivity contribution < 1.29 is 28.5 Å². The van der Waals surface area contributed by atoms with E-state index in [0.717, 1.165) is 10.0 Å². The van der Waals surface area contributed by atoms with Crippen LogP contribution in [-0.2, 0) is 0 Å². The molecule has 0 spiro atoms. The van der Waals surface area contributed by atoms with E-state index in [1.165, 1.54) is 39.7 Å². The number of carbonyl (C=O) groups is 2. The van der Waals surface area contributed by atoms with Crippen molar-refractivity contribution in [2.24, 2.45) is 5.10 Å². The van der Waals surface area contributed by atoms with E-state index >= 15 is 0 Å². The summed E-state index contributed by atoms with van der Waals surface area (Å²) in [5, 5.41) is 4.02. The van der Waals surface area contributed by atoms with Gasteiger partial charge in [0.15, 0.2) is 11.5 Å². The molecule has 34 heavy (non-hydrogen) atoms. The second kappa shape index (κ2) is 11.3. The second-order valence-electron chi connectivity index (χ2n) is 7.00. The van der Waals surface area contributed by atoms with Crippen LogP contribution in [0.2, 0.25) is 0 Å². The maximum Gasteiger partial charge on any atom is 0.343 e. The minimum absolute atomic E-state index is 0.257. The van der Waals surface area contributed by atoms with E-state index in [-0.39, 0.29) is 5.56 Å². The molecule has 0 atom stereocenters. The molecule has 176 valence electrons. The van der Waals surface area contributed by atoms with Gasteiger partial charge in [0.25, 0.3) is 5.91 Å². The molecule has 0 bridgehead atoms. The van der Waals surface area contributed by atoms with Gasteiger partial charge in [-0.1, -0.05) is 34.1 Å². The van der Waals surface area contributed by atoms with E-state index in [0.29, 0.717) is 34.1 Å². The molecule has 9 heteroatoms. The summed E-state index contributed by atoms with van der Waals surface area (Å²) < 4.78 is 22.2. The van der Waals surface area contributed by atoms with Gasteiger partial charge in [-0.15, -0.1) is 0 Å². The SMILES string of the molecule is COc1cc(C(=O)N/N=C\c2cc(Br)ccc2OC(=O)c2ccccc2C)cc(OC)c1OC. The molecule has 0 saturated heterocycles. The average Bonchev–Trinajstić information content (AvgIpc) is 2.84. The standard InChI is InChI=1S/C25H23BrN2O6/c1-15-7-5-6-8-19(15)25(30)34-20-10-9-18(26)11-17(20)14-27-28-24(29)16-12-21(31-2)23(33-4)22(13-16)32-3/h5-14H,1-4H3,(H,28,29)/b27-14-. The number of hydrogen-bond acceptors (Lipinski definition) is 7. The van der Waals surface area contributed by atoms with Gasteiger partial charge in [0, 0.05) is 15.6 Å². The minimum Gasteiger partial charge on any atom is -0.493 e. The molecule has 3 rings (SSSR count). The van der Waals surface area contributed by atoms with Crippen LogP contribution in [0.3, 0.4) is 0 Å². The summed E-state index contributed by atoms with van der Waals surface area (Å²) in [7, 11) is 4.40. The molecule has 0 heterocycles. The number of methoxy groups -OCH3 is 3. The average molecular weight is 527 g/mol. The van der Waals surface area contributed by atoms with E-state index in [1.807, 2.05) is 19.1 Å². The maximum atomic E-state index is 12.7. The van der Waals surface area contributed by atoms with Crippen molar-refractivity contribution in [1.82, 2.24) is 5.43 Å². The summed E-state index contributed by atoms with van der Waals surface area (Å²) in [6, 6.07) is 15.3. The maximum absolute atomic E-state index is 12.7. The number of carbonyl (C=O) groups excluding carboxylic acids is 2. The zero-order chi connectivity index (χ0) is 24.7. The highest BCUT2D eigenvalue weighted by Gasteiger charge is 2.17. The Morgan fingerprint density at radius 2 is 1.59 bits per heavy atom. The third-order valence-electron chi connectivity index (χ3n) is 4.84. The Labute approximate surface area is 205 Å². The number of ether oxygens (including phenoxy) is 4. The zero-order valence-corrected chi connectivity index (χ0v) is 20.6. The fraction of sp³-hybridized carbons (Fsp3) is 0.160. The lowest BCUT2D eigenvalue weighted by molar-refractivity contribution is 0.0733. The van der Waals surface area contributed by atoms with Crippen molar-refractivity contribution >= 4 is 34.0 Å². The summed E-state index contributed by atoms with van der Waals surface area (Å²) >= 11 is 3.39. The Morgan fingerprint density at radius 3 is 2.21 bits per heavy atom. The van der Waals surface area contributed by atoms with Crippen LogP contribution < -0.4 is 24.4 Å². The number of hydrazone groups is 1.